The normalized spacial score (nSPS) is 10.7. The predicted molar refractivity (Wildman–Crippen MR) is 78.5 cm³/mol. The molecular weight excluding hydrogens is 269 g/mol. The van der Waals surface area contributed by atoms with E-state index in [4.69, 9.17) is 27.9 Å². The Kier molecular flexibility index (Phi) is 6.55. The molecule has 0 saturated carbocycles. The Morgan fingerprint density at radius 1 is 1.44 bits per heavy atom. The molecule has 1 aromatic carbocycles. The van der Waals surface area contributed by atoms with Crippen molar-refractivity contribution in [1.82, 2.24) is 5.32 Å². The van der Waals surface area contributed by atoms with Gasteiger partial charge in [-0.15, -0.1) is 0 Å². The van der Waals surface area contributed by atoms with E-state index in [2.05, 4.69) is 25.7 Å². The average Bonchev–Trinajstić information content (AvgIpc) is 2.27. The Hall–Kier alpha value is -0.700. The minimum Gasteiger partial charge on any atom is -0.488 e. The van der Waals surface area contributed by atoms with Crippen LogP contribution in [0.4, 0.5) is 0 Å². The summed E-state index contributed by atoms with van der Waals surface area (Å²) in [6.45, 7) is 9.92. The van der Waals surface area contributed by atoms with Gasteiger partial charge < -0.3 is 10.1 Å². The van der Waals surface area contributed by atoms with E-state index >= 15 is 0 Å². The maximum Gasteiger partial charge on any atom is 0.124 e. The third-order valence-corrected chi connectivity index (χ3v) is 2.62. The summed E-state index contributed by atoms with van der Waals surface area (Å²) >= 11 is 11.7. The van der Waals surface area contributed by atoms with E-state index < -0.39 is 0 Å². The largest absolute Gasteiger partial charge is 0.488 e. The van der Waals surface area contributed by atoms with E-state index in [-0.39, 0.29) is 0 Å². The van der Waals surface area contributed by atoms with E-state index in [0.717, 1.165) is 24.4 Å². The fraction of sp³-hybridized carbons (Fsp3) is 0.429. The quantitative estimate of drug-likeness (QED) is 0.811. The van der Waals surface area contributed by atoms with Crippen LogP contribution in [0.5, 0.6) is 5.75 Å². The summed E-state index contributed by atoms with van der Waals surface area (Å²) in [6.07, 6.45) is 0. The second-order valence-electron chi connectivity index (χ2n) is 4.58. The third-order valence-electron chi connectivity index (χ3n) is 2.27. The molecule has 4 heteroatoms. The number of nitrogens with one attached hydrogen (secondary N) is 1. The molecule has 0 radical (unpaired) electrons. The fourth-order valence-corrected chi connectivity index (χ4v) is 1.73. The molecule has 1 rings (SSSR count). The summed E-state index contributed by atoms with van der Waals surface area (Å²) in [6, 6.07) is 5.57. The van der Waals surface area contributed by atoms with Crippen LogP contribution >= 0.6 is 23.2 Å². The smallest absolute Gasteiger partial charge is 0.124 e. The predicted octanol–water partition coefficient (Wildman–Crippen LogP) is 4.22. The van der Waals surface area contributed by atoms with Crippen molar-refractivity contribution in [2.45, 2.75) is 20.4 Å². The Balaban J connectivity index is 2.67. The van der Waals surface area contributed by atoms with E-state index in [1.807, 2.05) is 12.1 Å². The maximum absolute atomic E-state index is 5.99. The van der Waals surface area contributed by atoms with Crippen LogP contribution < -0.4 is 10.1 Å². The zero-order valence-electron chi connectivity index (χ0n) is 10.8. The molecule has 1 aromatic rings. The fourth-order valence-electron chi connectivity index (χ4n) is 1.48. The van der Waals surface area contributed by atoms with Crippen LogP contribution in [0.3, 0.4) is 0 Å². The summed E-state index contributed by atoms with van der Waals surface area (Å²) in [5.41, 5.74) is 1.03. The summed E-state index contributed by atoms with van der Waals surface area (Å²) in [5, 5.41) is 4.54. The molecule has 0 aliphatic rings. The molecule has 18 heavy (non-hydrogen) atoms. The van der Waals surface area contributed by atoms with E-state index in [1.54, 1.807) is 6.07 Å². The molecule has 0 heterocycles. The van der Waals surface area contributed by atoms with Crippen LogP contribution in [0.25, 0.3) is 0 Å². The van der Waals surface area contributed by atoms with E-state index in [1.165, 1.54) is 0 Å². The summed E-state index contributed by atoms with van der Waals surface area (Å²) in [5.74, 6) is 1.40. The van der Waals surface area contributed by atoms with Gasteiger partial charge in [0.25, 0.3) is 0 Å². The summed E-state index contributed by atoms with van der Waals surface area (Å²) < 4.78 is 5.58. The molecule has 100 valence electrons. The lowest BCUT2D eigenvalue weighted by Crippen LogP contribution is -2.19. The van der Waals surface area contributed by atoms with Gasteiger partial charge in [-0.3, -0.25) is 0 Å². The number of ether oxygens (including phenoxy) is 1. The molecule has 0 amide bonds. The molecule has 0 saturated heterocycles. The highest BCUT2D eigenvalue weighted by Gasteiger charge is 2.05. The van der Waals surface area contributed by atoms with Crippen LogP contribution in [-0.2, 0) is 6.54 Å². The highest BCUT2D eigenvalue weighted by Crippen LogP contribution is 2.23. The average molecular weight is 288 g/mol. The van der Waals surface area contributed by atoms with Gasteiger partial charge in [0.1, 0.15) is 12.4 Å². The molecule has 0 atom stereocenters. The van der Waals surface area contributed by atoms with Crippen LogP contribution in [0.2, 0.25) is 5.02 Å². The van der Waals surface area contributed by atoms with Crippen molar-refractivity contribution in [2.24, 2.45) is 5.92 Å². The first kappa shape index (κ1) is 15.4. The lowest BCUT2D eigenvalue weighted by Gasteiger charge is -2.13. The first-order chi connectivity index (χ1) is 8.49. The highest BCUT2D eigenvalue weighted by atomic mass is 35.5. The SMILES string of the molecule is C=C(Cl)COc1ccc(Cl)cc1CNCC(C)C. The maximum atomic E-state index is 5.99. The Bertz CT molecular complexity index is 405. The highest BCUT2D eigenvalue weighted by molar-refractivity contribution is 6.30. The van der Waals surface area contributed by atoms with Gasteiger partial charge >= 0.3 is 0 Å². The van der Waals surface area contributed by atoms with Crippen molar-refractivity contribution in [1.29, 1.82) is 0 Å². The molecule has 0 spiro atoms. The molecule has 0 unspecified atom stereocenters. The van der Waals surface area contributed by atoms with Crippen LogP contribution in [-0.4, -0.2) is 13.2 Å². The standard InChI is InChI=1S/C14H19Cl2NO/c1-10(2)7-17-8-12-6-13(16)4-5-14(12)18-9-11(3)15/h4-6,10,17H,3,7-9H2,1-2H3. The van der Waals surface area contributed by atoms with E-state index in [9.17, 15) is 0 Å². The molecule has 2 nitrogen and oxygen atoms in total. The molecular formula is C14H19Cl2NO. The van der Waals surface area contributed by atoms with Crippen molar-refractivity contribution in [3.05, 3.63) is 40.4 Å². The zero-order chi connectivity index (χ0) is 13.5. The Labute approximate surface area is 119 Å². The van der Waals surface area contributed by atoms with Gasteiger partial charge in [0.05, 0.1) is 0 Å². The van der Waals surface area contributed by atoms with Crippen molar-refractivity contribution in [3.63, 3.8) is 0 Å². The van der Waals surface area contributed by atoms with E-state index in [0.29, 0.717) is 22.6 Å². The zero-order valence-corrected chi connectivity index (χ0v) is 12.3. The molecule has 0 fully saturated rings. The van der Waals surface area contributed by atoms with Gasteiger partial charge in [-0.2, -0.15) is 0 Å². The van der Waals surface area contributed by atoms with Gasteiger partial charge in [0, 0.05) is 22.2 Å². The molecule has 0 aromatic heterocycles. The molecule has 1 N–H and O–H groups in total. The van der Waals surface area contributed by atoms with Gasteiger partial charge in [0.15, 0.2) is 0 Å². The Morgan fingerprint density at radius 2 is 2.17 bits per heavy atom. The third kappa shape index (κ3) is 5.76. The second-order valence-corrected chi connectivity index (χ2v) is 5.55. The topological polar surface area (TPSA) is 21.3 Å². The van der Waals surface area contributed by atoms with Crippen molar-refractivity contribution in [2.75, 3.05) is 13.2 Å². The minimum absolute atomic E-state index is 0.306. The number of hydrogen-bond donors (Lipinski definition) is 1. The molecule has 0 bridgehead atoms. The lowest BCUT2D eigenvalue weighted by atomic mass is 10.2. The number of hydrogen-bond acceptors (Lipinski definition) is 2. The minimum atomic E-state index is 0.306. The van der Waals surface area contributed by atoms with Gasteiger partial charge in [-0.25, -0.2) is 0 Å². The van der Waals surface area contributed by atoms with Crippen LogP contribution in [0.15, 0.2) is 29.8 Å². The van der Waals surface area contributed by atoms with Crippen molar-refractivity contribution in [3.8, 4) is 5.75 Å². The Morgan fingerprint density at radius 3 is 2.78 bits per heavy atom. The number of halogens is 2. The first-order valence-electron chi connectivity index (χ1n) is 5.94. The van der Waals surface area contributed by atoms with Crippen LogP contribution in [0.1, 0.15) is 19.4 Å². The molecule has 0 aliphatic carbocycles. The second kappa shape index (κ2) is 7.67. The molecule has 0 aliphatic heterocycles. The van der Waals surface area contributed by atoms with Gasteiger partial charge in [-0.1, -0.05) is 43.6 Å². The first-order valence-corrected chi connectivity index (χ1v) is 6.70. The van der Waals surface area contributed by atoms with Crippen LogP contribution in [0, 0.1) is 5.92 Å². The van der Waals surface area contributed by atoms with Crippen molar-refractivity contribution >= 4 is 23.2 Å². The monoisotopic (exact) mass is 287 g/mol. The van der Waals surface area contributed by atoms with Gasteiger partial charge in [0.2, 0.25) is 0 Å². The summed E-state index contributed by atoms with van der Waals surface area (Å²) in [4.78, 5) is 0. The number of rotatable bonds is 7. The summed E-state index contributed by atoms with van der Waals surface area (Å²) in [7, 11) is 0. The van der Waals surface area contributed by atoms with Crippen molar-refractivity contribution < 1.29 is 4.74 Å². The lowest BCUT2D eigenvalue weighted by molar-refractivity contribution is 0.354. The van der Waals surface area contributed by atoms with Gasteiger partial charge in [-0.05, 0) is 30.7 Å². The number of benzene rings is 1.